The van der Waals surface area contributed by atoms with E-state index in [0.717, 1.165) is 17.5 Å². The summed E-state index contributed by atoms with van der Waals surface area (Å²) >= 11 is 0. The Balaban J connectivity index is 1.62. The zero-order valence-electron chi connectivity index (χ0n) is 16.9. The van der Waals surface area contributed by atoms with Gasteiger partial charge in [0.1, 0.15) is 5.75 Å². The van der Waals surface area contributed by atoms with Crippen molar-refractivity contribution < 1.29 is 14.3 Å². The summed E-state index contributed by atoms with van der Waals surface area (Å²) in [4.78, 5) is 24.3. The third-order valence-corrected chi connectivity index (χ3v) is 4.86. The van der Waals surface area contributed by atoms with Gasteiger partial charge in [0.05, 0.1) is 17.2 Å². The smallest absolute Gasteiger partial charge is 0.343 e. The van der Waals surface area contributed by atoms with Gasteiger partial charge in [-0.15, -0.1) is 0 Å². The molecule has 1 amide bonds. The molecular weight excluding hydrogens is 376 g/mol. The first kappa shape index (κ1) is 20.8. The van der Waals surface area contributed by atoms with Gasteiger partial charge in [-0.3, -0.25) is 4.79 Å². The second-order valence-electron chi connectivity index (χ2n) is 6.98. The molecule has 5 heteroatoms. The molecule has 0 saturated carbocycles. The van der Waals surface area contributed by atoms with Crippen LogP contribution in [0.25, 0.3) is 11.1 Å². The first-order chi connectivity index (χ1) is 14.5. The third kappa shape index (κ3) is 5.12. The highest BCUT2D eigenvalue weighted by molar-refractivity contribution is 5.94. The molecule has 1 N–H and O–H groups in total. The molecule has 0 fully saturated rings. The molecule has 0 bridgehead atoms. The first-order valence-corrected chi connectivity index (χ1v) is 9.74. The number of anilines is 1. The summed E-state index contributed by atoms with van der Waals surface area (Å²) in [5.41, 5.74) is 3.58. The van der Waals surface area contributed by atoms with Crippen LogP contribution in [0.3, 0.4) is 0 Å². The number of nitrogens with zero attached hydrogens (tertiary/aromatic N) is 1. The van der Waals surface area contributed by atoms with Gasteiger partial charge in [0.2, 0.25) is 5.91 Å². The van der Waals surface area contributed by atoms with Gasteiger partial charge in [-0.25, -0.2) is 4.79 Å². The van der Waals surface area contributed by atoms with Crippen molar-refractivity contribution in [2.45, 2.75) is 20.3 Å². The molecule has 0 saturated heterocycles. The van der Waals surface area contributed by atoms with Crippen LogP contribution in [0.4, 0.5) is 5.69 Å². The third-order valence-electron chi connectivity index (χ3n) is 4.86. The summed E-state index contributed by atoms with van der Waals surface area (Å²) in [6.45, 7) is 3.83. The molecule has 3 rings (SSSR count). The number of esters is 1. The maximum absolute atomic E-state index is 12.4. The zero-order valence-corrected chi connectivity index (χ0v) is 16.9. The Labute approximate surface area is 175 Å². The SMILES string of the molecule is CCC(C)C(=O)Nc1ccc(C(=O)Oc2ccc(-c3ccc(C#N)cc3)cc2)cc1. The van der Waals surface area contributed by atoms with Crippen molar-refractivity contribution in [2.24, 2.45) is 5.92 Å². The minimum absolute atomic E-state index is 0.0461. The molecule has 30 heavy (non-hydrogen) atoms. The van der Waals surface area contributed by atoms with E-state index in [2.05, 4.69) is 11.4 Å². The van der Waals surface area contributed by atoms with Gasteiger partial charge in [-0.1, -0.05) is 38.1 Å². The maximum atomic E-state index is 12.4. The number of hydrogen-bond acceptors (Lipinski definition) is 4. The lowest BCUT2D eigenvalue weighted by molar-refractivity contribution is -0.119. The van der Waals surface area contributed by atoms with Crippen molar-refractivity contribution in [1.29, 1.82) is 5.26 Å². The number of carbonyl (C=O) groups excluding carboxylic acids is 2. The molecule has 5 nitrogen and oxygen atoms in total. The van der Waals surface area contributed by atoms with E-state index in [0.29, 0.717) is 22.6 Å². The van der Waals surface area contributed by atoms with E-state index in [1.165, 1.54) is 0 Å². The van der Waals surface area contributed by atoms with Gasteiger partial charge in [0.15, 0.2) is 0 Å². The van der Waals surface area contributed by atoms with Gasteiger partial charge in [0, 0.05) is 11.6 Å². The number of hydrogen-bond donors (Lipinski definition) is 1. The predicted molar refractivity (Wildman–Crippen MR) is 116 cm³/mol. The average molecular weight is 398 g/mol. The van der Waals surface area contributed by atoms with Crippen molar-refractivity contribution in [3.63, 3.8) is 0 Å². The van der Waals surface area contributed by atoms with Crippen molar-refractivity contribution >= 4 is 17.6 Å². The molecule has 150 valence electrons. The molecule has 0 radical (unpaired) electrons. The van der Waals surface area contributed by atoms with Crippen LogP contribution in [-0.2, 0) is 4.79 Å². The normalized spacial score (nSPS) is 11.2. The number of amides is 1. The van der Waals surface area contributed by atoms with E-state index in [1.807, 2.05) is 38.1 Å². The van der Waals surface area contributed by atoms with Gasteiger partial charge < -0.3 is 10.1 Å². The standard InChI is InChI=1S/C25H22N2O3/c1-3-17(2)24(28)27-22-12-8-21(9-13-22)25(29)30-23-14-10-20(11-15-23)19-6-4-18(16-26)5-7-19/h4-15,17H,3H2,1-2H3,(H,27,28). The minimum atomic E-state index is -0.471. The molecular formula is C25H22N2O3. The van der Waals surface area contributed by atoms with Crippen LogP contribution in [0.5, 0.6) is 5.75 Å². The Kier molecular flexibility index (Phi) is 6.61. The van der Waals surface area contributed by atoms with E-state index in [9.17, 15) is 9.59 Å². The molecule has 1 atom stereocenters. The molecule has 0 aliphatic heterocycles. The summed E-state index contributed by atoms with van der Waals surface area (Å²) in [6.07, 6.45) is 0.764. The van der Waals surface area contributed by atoms with Crippen LogP contribution in [0, 0.1) is 17.2 Å². The second kappa shape index (κ2) is 9.53. The summed E-state index contributed by atoms with van der Waals surface area (Å²) in [6, 6.07) is 23.2. The fourth-order valence-corrected chi connectivity index (χ4v) is 2.76. The topological polar surface area (TPSA) is 79.2 Å². The number of carbonyl (C=O) groups is 2. The van der Waals surface area contributed by atoms with Gasteiger partial charge in [-0.05, 0) is 66.1 Å². The summed E-state index contributed by atoms with van der Waals surface area (Å²) in [5.74, 6) is -0.149. The average Bonchev–Trinajstić information content (AvgIpc) is 2.79. The largest absolute Gasteiger partial charge is 0.423 e. The maximum Gasteiger partial charge on any atom is 0.343 e. The van der Waals surface area contributed by atoms with Crippen molar-refractivity contribution in [3.8, 4) is 22.9 Å². The number of benzene rings is 3. The van der Waals surface area contributed by atoms with Gasteiger partial charge >= 0.3 is 5.97 Å². The van der Waals surface area contributed by atoms with Crippen LogP contribution in [0.1, 0.15) is 36.2 Å². The van der Waals surface area contributed by atoms with Crippen molar-refractivity contribution in [2.75, 3.05) is 5.32 Å². The van der Waals surface area contributed by atoms with E-state index in [1.54, 1.807) is 48.5 Å². The molecule has 3 aromatic carbocycles. The Bertz CT molecular complexity index is 1060. The zero-order chi connectivity index (χ0) is 21.5. The lowest BCUT2D eigenvalue weighted by atomic mass is 10.0. The summed E-state index contributed by atoms with van der Waals surface area (Å²) in [5, 5.41) is 11.7. The first-order valence-electron chi connectivity index (χ1n) is 9.74. The number of nitriles is 1. The molecule has 0 aliphatic rings. The van der Waals surface area contributed by atoms with Crippen molar-refractivity contribution in [3.05, 3.63) is 83.9 Å². The summed E-state index contributed by atoms with van der Waals surface area (Å²) < 4.78 is 5.44. The lowest BCUT2D eigenvalue weighted by Gasteiger charge is -2.10. The van der Waals surface area contributed by atoms with Crippen LogP contribution in [0.2, 0.25) is 0 Å². The summed E-state index contributed by atoms with van der Waals surface area (Å²) in [7, 11) is 0. The highest BCUT2D eigenvalue weighted by Crippen LogP contribution is 2.23. The quantitative estimate of drug-likeness (QED) is 0.444. The fraction of sp³-hybridized carbons (Fsp3) is 0.160. The molecule has 1 unspecified atom stereocenters. The number of rotatable bonds is 6. The van der Waals surface area contributed by atoms with Crippen molar-refractivity contribution in [1.82, 2.24) is 0 Å². The molecule has 0 aromatic heterocycles. The molecule has 0 heterocycles. The molecule has 0 aliphatic carbocycles. The highest BCUT2D eigenvalue weighted by atomic mass is 16.5. The fourth-order valence-electron chi connectivity index (χ4n) is 2.76. The lowest BCUT2D eigenvalue weighted by Crippen LogP contribution is -2.19. The van der Waals surface area contributed by atoms with Crippen LogP contribution in [0.15, 0.2) is 72.8 Å². The van der Waals surface area contributed by atoms with E-state index < -0.39 is 5.97 Å². The second-order valence-corrected chi connectivity index (χ2v) is 6.98. The number of nitrogens with one attached hydrogen (secondary N) is 1. The van der Waals surface area contributed by atoms with Gasteiger partial charge in [0.25, 0.3) is 0 Å². The van der Waals surface area contributed by atoms with E-state index >= 15 is 0 Å². The minimum Gasteiger partial charge on any atom is -0.423 e. The predicted octanol–water partition coefficient (Wildman–Crippen LogP) is 5.43. The Hall–Kier alpha value is -3.91. The number of ether oxygens (including phenoxy) is 1. The monoisotopic (exact) mass is 398 g/mol. The van der Waals surface area contributed by atoms with E-state index in [-0.39, 0.29) is 11.8 Å². The van der Waals surface area contributed by atoms with Crippen LogP contribution in [-0.4, -0.2) is 11.9 Å². The van der Waals surface area contributed by atoms with Gasteiger partial charge in [-0.2, -0.15) is 5.26 Å². The molecule has 3 aromatic rings. The van der Waals surface area contributed by atoms with Crippen LogP contribution < -0.4 is 10.1 Å². The highest BCUT2D eigenvalue weighted by Gasteiger charge is 2.12. The molecule has 0 spiro atoms. The Morgan fingerprint density at radius 1 is 0.933 bits per heavy atom. The van der Waals surface area contributed by atoms with E-state index in [4.69, 9.17) is 10.00 Å². The Morgan fingerprint density at radius 2 is 1.50 bits per heavy atom. The Morgan fingerprint density at radius 3 is 2.03 bits per heavy atom. The van der Waals surface area contributed by atoms with Crippen LogP contribution >= 0.6 is 0 Å².